The number of fused-ring (bicyclic) bond motifs is 1. The standard InChI is InChI=1S/C21H20N4/c22-12-16-8-9-19(20(11-16)17-5-4-10-23-13-17)21-7-3-1-2-6-18-14-24-15-25(18)21/h4-5,8-11,13-15,21H,1-3,6-7H2. The Kier molecular flexibility index (Phi) is 4.30. The Hall–Kier alpha value is -2.93. The molecule has 0 aliphatic carbocycles. The first kappa shape index (κ1) is 15.6. The molecule has 2 aromatic heterocycles. The van der Waals surface area contributed by atoms with Crippen LogP contribution in [0.1, 0.15) is 48.5 Å². The van der Waals surface area contributed by atoms with Gasteiger partial charge in [0, 0.05) is 29.8 Å². The van der Waals surface area contributed by atoms with E-state index >= 15 is 0 Å². The third-order valence-corrected chi connectivity index (χ3v) is 5.01. The first-order valence-electron chi connectivity index (χ1n) is 8.82. The molecule has 1 aromatic carbocycles. The predicted molar refractivity (Wildman–Crippen MR) is 96.9 cm³/mol. The number of nitrogens with zero attached hydrogens (tertiary/aromatic N) is 4. The van der Waals surface area contributed by atoms with E-state index in [4.69, 9.17) is 0 Å². The first-order chi connectivity index (χ1) is 12.4. The summed E-state index contributed by atoms with van der Waals surface area (Å²) < 4.78 is 2.32. The molecule has 1 unspecified atom stereocenters. The van der Waals surface area contributed by atoms with Crippen LogP contribution in [-0.4, -0.2) is 14.5 Å². The van der Waals surface area contributed by atoms with E-state index in [1.165, 1.54) is 30.5 Å². The van der Waals surface area contributed by atoms with Crippen molar-refractivity contribution in [2.24, 2.45) is 0 Å². The number of pyridine rings is 1. The zero-order chi connectivity index (χ0) is 17.1. The van der Waals surface area contributed by atoms with Crippen LogP contribution in [0.15, 0.2) is 55.2 Å². The van der Waals surface area contributed by atoms with E-state index in [-0.39, 0.29) is 6.04 Å². The van der Waals surface area contributed by atoms with Crippen molar-refractivity contribution in [3.8, 4) is 17.2 Å². The van der Waals surface area contributed by atoms with Crippen molar-refractivity contribution in [3.63, 3.8) is 0 Å². The smallest absolute Gasteiger partial charge is 0.0991 e. The van der Waals surface area contributed by atoms with Gasteiger partial charge in [-0.25, -0.2) is 4.98 Å². The molecule has 0 fully saturated rings. The van der Waals surface area contributed by atoms with Crippen molar-refractivity contribution in [3.05, 3.63) is 72.1 Å². The molecule has 0 saturated heterocycles. The zero-order valence-corrected chi connectivity index (χ0v) is 14.1. The van der Waals surface area contributed by atoms with Gasteiger partial charge in [0.15, 0.2) is 0 Å². The normalized spacial score (nSPS) is 17.2. The molecule has 124 valence electrons. The lowest BCUT2D eigenvalue weighted by Gasteiger charge is -2.26. The van der Waals surface area contributed by atoms with Gasteiger partial charge >= 0.3 is 0 Å². The van der Waals surface area contributed by atoms with Gasteiger partial charge in [0.25, 0.3) is 0 Å². The Balaban J connectivity index is 1.87. The molecular weight excluding hydrogens is 308 g/mol. The van der Waals surface area contributed by atoms with Crippen molar-refractivity contribution in [1.29, 1.82) is 5.26 Å². The highest BCUT2D eigenvalue weighted by Crippen LogP contribution is 2.35. The quantitative estimate of drug-likeness (QED) is 0.695. The van der Waals surface area contributed by atoms with E-state index in [1.807, 2.05) is 36.9 Å². The maximum atomic E-state index is 9.34. The molecule has 0 N–H and O–H groups in total. The average Bonchev–Trinajstić information content (AvgIpc) is 3.10. The van der Waals surface area contributed by atoms with Gasteiger partial charge in [-0.1, -0.05) is 25.0 Å². The number of hydrogen-bond acceptors (Lipinski definition) is 3. The molecule has 0 saturated carbocycles. The van der Waals surface area contributed by atoms with Gasteiger partial charge in [-0.05, 0) is 48.6 Å². The highest BCUT2D eigenvalue weighted by Gasteiger charge is 2.22. The fourth-order valence-electron chi connectivity index (χ4n) is 3.76. The average molecular weight is 328 g/mol. The second-order valence-electron chi connectivity index (χ2n) is 6.56. The van der Waals surface area contributed by atoms with Gasteiger partial charge in [-0.15, -0.1) is 0 Å². The third-order valence-electron chi connectivity index (χ3n) is 5.01. The molecule has 0 spiro atoms. The van der Waals surface area contributed by atoms with Crippen LogP contribution in [0.5, 0.6) is 0 Å². The molecule has 1 aliphatic rings. The van der Waals surface area contributed by atoms with Crippen molar-refractivity contribution >= 4 is 0 Å². The topological polar surface area (TPSA) is 54.5 Å². The number of rotatable bonds is 2. The van der Waals surface area contributed by atoms with Crippen LogP contribution in [0.3, 0.4) is 0 Å². The zero-order valence-electron chi connectivity index (χ0n) is 14.1. The van der Waals surface area contributed by atoms with Crippen LogP contribution < -0.4 is 0 Å². The molecule has 3 heterocycles. The van der Waals surface area contributed by atoms with Gasteiger partial charge in [0.1, 0.15) is 0 Å². The SMILES string of the molecule is N#Cc1ccc(C2CCCCCc3cncn32)c(-c2cccnc2)c1. The summed E-state index contributed by atoms with van der Waals surface area (Å²) in [6, 6.07) is 12.5. The number of benzene rings is 1. The highest BCUT2D eigenvalue weighted by molar-refractivity contribution is 5.69. The molecule has 3 aromatic rings. The van der Waals surface area contributed by atoms with Crippen molar-refractivity contribution < 1.29 is 0 Å². The molecule has 0 amide bonds. The molecule has 4 nitrogen and oxygen atoms in total. The Morgan fingerprint density at radius 1 is 1.08 bits per heavy atom. The fraction of sp³-hybridized carbons (Fsp3) is 0.286. The van der Waals surface area contributed by atoms with Gasteiger partial charge in [0.05, 0.1) is 24.0 Å². The summed E-state index contributed by atoms with van der Waals surface area (Å²) in [5.74, 6) is 0. The van der Waals surface area contributed by atoms with Gasteiger partial charge in [-0.3, -0.25) is 4.98 Å². The number of aryl methyl sites for hydroxylation is 1. The van der Waals surface area contributed by atoms with Crippen LogP contribution in [0.2, 0.25) is 0 Å². The highest BCUT2D eigenvalue weighted by atomic mass is 15.1. The Morgan fingerprint density at radius 3 is 2.88 bits per heavy atom. The summed E-state index contributed by atoms with van der Waals surface area (Å²) in [4.78, 5) is 8.67. The van der Waals surface area contributed by atoms with Gasteiger partial charge < -0.3 is 4.57 Å². The molecule has 4 heteroatoms. The second kappa shape index (κ2) is 6.90. The van der Waals surface area contributed by atoms with E-state index < -0.39 is 0 Å². The van der Waals surface area contributed by atoms with E-state index in [0.29, 0.717) is 5.56 Å². The minimum atomic E-state index is 0.251. The lowest BCUT2D eigenvalue weighted by Crippen LogP contribution is -2.16. The number of hydrogen-bond donors (Lipinski definition) is 0. The number of imidazole rings is 1. The van der Waals surface area contributed by atoms with Crippen LogP contribution in [-0.2, 0) is 6.42 Å². The Morgan fingerprint density at radius 2 is 2.04 bits per heavy atom. The second-order valence-corrected chi connectivity index (χ2v) is 6.56. The summed E-state index contributed by atoms with van der Waals surface area (Å²) in [7, 11) is 0. The van der Waals surface area contributed by atoms with E-state index in [0.717, 1.165) is 24.0 Å². The van der Waals surface area contributed by atoms with Crippen molar-refractivity contribution in [2.45, 2.75) is 38.1 Å². The summed E-state index contributed by atoms with van der Waals surface area (Å²) in [6.45, 7) is 0. The van der Waals surface area contributed by atoms with Gasteiger partial charge in [0.2, 0.25) is 0 Å². The van der Waals surface area contributed by atoms with Crippen LogP contribution in [0.25, 0.3) is 11.1 Å². The largest absolute Gasteiger partial charge is 0.327 e. The lowest BCUT2D eigenvalue weighted by molar-refractivity contribution is 0.461. The summed E-state index contributed by atoms with van der Waals surface area (Å²) >= 11 is 0. The summed E-state index contributed by atoms with van der Waals surface area (Å²) in [6.07, 6.45) is 13.4. The van der Waals surface area contributed by atoms with Crippen LogP contribution >= 0.6 is 0 Å². The van der Waals surface area contributed by atoms with Gasteiger partial charge in [-0.2, -0.15) is 5.26 Å². The minimum Gasteiger partial charge on any atom is -0.327 e. The lowest BCUT2D eigenvalue weighted by atomic mass is 9.90. The van der Waals surface area contributed by atoms with Crippen molar-refractivity contribution in [1.82, 2.24) is 14.5 Å². The van der Waals surface area contributed by atoms with E-state index in [1.54, 1.807) is 6.20 Å². The molecule has 25 heavy (non-hydrogen) atoms. The number of aromatic nitrogens is 3. The molecule has 0 bridgehead atoms. The van der Waals surface area contributed by atoms with Crippen molar-refractivity contribution in [2.75, 3.05) is 0 Å². The third kappa shape index (κ3) is 3.06. The fourth-order valence-corrected chi connectivity index (χ4v) is 3.76. The predicted octanol–water partition coefficient (Wildman–Crippen LogP) is 4.52. The molecule has 4 rings (SSSR count). The number of nitriles is 1. The van der Waals surface area contributed by atoms with E-state index in [2.05, 4.69) is 32.7 Å². The Labute approximate surface area is 147 Å². The molecule has 0 radical (unpaired) electrons. The molecule has 1 atom stereocenters. The van der Waals surface area contributed by atoms with E-state index in [9.17, 15) is 5.26 Å². The molecule has 1 aliphatic heterocycles. The first-order valence-corrected chi connectivity index (χ1v) is 8.82. The monoisotopic (exact) mass is 328 g/mol. The summed E-state index contributed by atoms with van der Waals surface area (Å²) in [5, 5.41) is 9.34. The minimum absolute atomic E-state index is 0.251. The Bertz CT molecular complexity index is 905. The van der Waals surface area contributed by atoms with Crippen LogP contribution in [0, 0.1) is 11.3 Å². The maximum Gasteiger partial charge on any atom is 0.0991 e. The maximum absolute atomic E-state index is 9.34. The van der Waals surface area contributed by atoms with Crippen LogP contribution in [0.4, 0.5) is 0 Å². The molecular formula is C21H20N4. The summed E-state index contributed by atoms with van der Waals surface area (Å²) in [5.41, 5.74) is 5.37.